The average Bonchev–Trinajstić information content (AvgIpc) is 3.56. The Hall–Kier alpha value is -6.38. The maximum absolute atomic E-state index is 12.9. The highest BCUT2D eigenvalue weighted by atomic mass is 32.2. The zero-order chi connectivity index (χ0) is 39.3. The minimum absolute atomic E-state index is 0.0699. The predicted octanol–water partition coefficient (Wildman–Crippen LogP) is 5.53. The summed E-state index contributed by atoms with van der Waals surface area (Å²) in [5, 5.41) is 2.06. The molecule has 0 saturated carbocycles. The molecule has 6 amide bonds. The number of carbonyl (C=O) groups is 4. The van der Waals surface area contributed by atoms with Crippen LogP contribution >= 0.6 is 0 Å². The van der Waals surface area contributed by atoms with Gasteiger partial charge in [0.2, 0.25) is 15.9 Å². The number of urea groups is 2. The van der Waals surface area contributed by atoms with Crippen LogP contribution in [0.5, 0.6) is 11.5 Å². The lowest BCUT2D eigenvalue weighted by atomic mass is 10.2. The third kappa shape index (κ3) is 10.6. The van der Waals surface area contributed by atoms with E-state index in [9.17, 15) is 53.9 Å². The Morgan fingerprint density at radius 1 is 0.759 bits per heavy atom. The number of pyridine rings is 1. The van der Waals surface area contributed by atoms with Crippen LogP contribution < -0.4 is 29.3 Å². The molecule has 2 aliphatic rings. The van der Waals surface area contributed by atoms with Gasteiger partial charge in [0.15, 0.2) is 0 Å². The molecule has 0 radical (unpaired) electrons. The predicted molar refractivity (Wildman–Crippen MR) is 177 cm³/mol. The molecule has 2 fully saturated rings. The Bertz CT molecular complexity index is 2120. The van der Waals surface area contributed by atoms with Gasteiger partial charge in [-0.3, -0.25) is 29.5 Å². The number of nitrogens with one attached hydrogen (secondary N) is 2. The minimum Gasteiger partial charge on any atom is -0.406 e. The minimum atomic E-state index is -4.87. The van der Waals surface area contributed by atoms with Crippen LogP contribution in [0.25, 0.3) is 0 Å². The van der Waals surface area contributed by atoms with Gasteiger partial charge in [0.05, 0.1) is 29.9 Å². The van der Waals surface area contributed by atoms with Crippen molar-refractivity contribution < 1.29 is 63.4 Å². The second kappa shape index (κ2) is 15.7. The lowest BCUT2D eigenvalue weighted by Gasteiger charge is -2.19. The fourth-order valence-corrected chi connectivity index (χ4v) is 6.28. The zero-order valence-corrected chi connectivity index (χ0v) is 28.1. The van der Waals surface area contributed by atoms with Gasteiger partial charge in [-0.25, -0.2) is 22.9 Å². The number of alkyl halides is 6. The van der Waals surface area contributed by atoms with Gasteiger partial charge in [-0.1, -0.05) is 30.3 Å². The second-order valence-electron chi connectivity index (χ2n) is 11.3. The van der Waals surface area contributed by atoms with Crippen LogP contribution in [0.4, 0.5) is 53.0 Å². The van der Waals surface area contributed by atoms with E-state index in [1.165, 1.54) is 35.5 Å². The second-order valence-corrected chi connectivity index (χ2v) is 13.0. The van der Waals surface area contributed by atoms with Crippen LogP contribution in [-0.2, 0) is 31.9 Å². The van der Waals surface area contributed by atoms with E-state index in [0.29, 0.717) is 16.8 Å². The van der Waals surface area contributed by atoms with Gasteiger partial charge in [-0.2, -0.15) is 0 Å². The van der Waals surface area contributed by atoms with E-state index in [-0.39, 0.29) is 36.8 Å². The summed E-state index contributed by atoms with van der Waals surface area (Å²) in [6.07, 6.45) is -6.91. The quantitative estimate of drug-likeness (QED) is 0.155. The largest absolute Gasteiger partial charge is 0.573 e. The number of ether oxygens (including phenoxy) is 2. The van der Waals surface area contributed by atoms with Crippen LogP contribution in [0.1, 0.15) is 11.1 Å². The van der Waals surface area contributed by atoms with Crippen molar-refractivity contribution in [2.75, 3.05) is 27.6 Å². The number of amides is 6. The molecule has 2 saturated heterocycles. The number of carbonyl (C=O) groups excluding carboxylic acids is 4. The van der Waals surface area contributed by atoms with Crippen LogP contribution in [0.3, 0.4) is 0 Å². The summed E-state index contributed by atoms with van der Waals surface area (Å²) in [5.74, 6) is -2.21. The third-order valence-corrected chi connectivity index (χ3v) is 8.52. The van der Waals surface area contributed by atoms with Gasteiger partial charge in [0, 0.05) is 11.9 Å². The van der Waals surface area contributed by atoms with Gasteiger partial charge in [0.25, 0.3) is 5.91 Å². The molecule has 54 heavy (non-hydrogen) atoms. The van der Waals surface area contributed by atoms with Gasteiger partial charge in [0.1, 0.15) is 24.6 Å². The molecule has 14 nitrogen and oxygen atoms in total. The van der Waals surface area contributed by atoms with E-state index in [1.54, 1.807) is 30.3 Å². The first-order chi connectivity index (χ1) is 25.4. The number of imide groups is 2. The standard InChI is InChI=1S/C23H19F3N4O5S.C10H7F3N2O3/c24-23(25,26)35-19-8-6-18(7-9-19)30-21(31)14-29(22(30)32)13-17-10-11-27-12-20(17)28-36(33,34)15-16-4-2-1-3-5-16;11-10(12,13)18-7-3-1-6(2-4-7)15-5-8(16)14-9(15)17/h1-12,28H,13-15H2;1-4H,5H2,(H,14,16,17). The molecule has 4 aromatic rings. The maximum Gasteiger partial charge on any atom is 0.573 e. The normalized spacial score (nSPS) is 14.8. The van der Waals surface area contributed by atoms with E-state index in [2.05, 4.69) is 24.5 Å². The van der Waals surface area contributed by atoms with E-state index in [4.69, 9.17) is 0 Å². The van der Waals surface area contributed by atoms with Crippen molar-refractivity contribution in [1.82, 2.24) is 15.2 Å². The Morgan fingerprint density at radius 2 is 1.33 bits per heavy atom. The maximum atomic E-state index is 12.9. The highest BCUT2D eigenvalue weighted by Gasteiger charge is 2.38. The number of anilines is 3. The fraction of sp³-hybridized carbons (Fsp3) is 0.182. The lowest BCUT2D eigenvalue weighted by molar-refractivity contribution is -0.275. The summed E-state index contributed by atoms with van der Waals surface area (Å²) in [7, 11) is -3.80. The number of nitrogens with zero attached hydrogens (tertiary/aromatic N) is 4. The Morgan fingerprint density at radius 3 is 1.87 bits per heavy atom. The number of hydrogen-bond donors (Lipinski definition) is 2. The van der Waals surface area contributed by atoms with Gasteiger partial charge < -0.3 is 14.4 Å². The molecule has 0 aliphatic carbocycles. The summed E-state index contributed by atoms with van der Waals surface area (Å²) in [4.78, 5) is 54.8. The third-order valence-electron chi connectivity index (χ3n) is 7.28. The molecule has 6 rings (SSSR count). The molecule has 284 valence electrons. The average molecular weight is 781 g/mol. The number of benzene rings is 3. The van der Waals surface area contributed by atoms with Crippen molar-refractivity contribution in [2.45, 2.75) is 25.0 Å². The number of rotatable bonds is 10. The van der Waals surface area contributed by atoms with Gasteiger partial charge in [-0.15, -0.1) is 26.3 Å². The van der Waals surface area contributed by atoms with Crippen LogP contribution in [0, 0.1) is 0 Å². The molecular formula is C33H26F6N6O8S. The SMILES string of the molecule is O=C1CN(Cc2ccncc2NS(=O)(=O)Cc2ccccc2)C(=O)N1c1ccc(OC(F)(F)F)cc1.O=C1CN(c2ccc(OC(F)(F)F)cc2)C(=O)N1. The Balaban J connectivity index is 0.000000260. The summed E-state index contributed by atoms with van der Waals surface area (Å²) in [6, 6.07) is 17.7. The van der Waals surface area contributed by atoms with Gasteiger partial charge >= 0.3 is 24.8 Å². The highest BCUT2D eigenvalue weighted by Crippen LogP contribution is 2.29. The zero-order valence-electron chi connectivity index (χ0n) is 27.3. The van der Waals surface area contributed by atoms with Crippen LogP contribution in [0.15, 0.2) is 97.3 Å². The smallest absolute Gasteiger partial charge is 0.406 e. The Kier molecular flexibility index (Phi) is 11.3. The van der Waals surface area contributed by atoms with E-state index in [1.807, 2.05) is 0 Å². The van der Waals surface area contributed by atoms with Crippen molar-refractivity contribution in [3.05, 3.63) is 108 Å². The van der Waals surface area contributed by atoms with Crippen LogP contribution in [-0.4, -0.2) is 68.0 Å². The molecule has 0 atom stereocenters. The molecule has 2 aliphatic heterocycles. The molecular weight excluding hydrogens is 754 g/mol. The summed E-state index contributed by atoms with van der Waals surface area (Å²) >= 11 is 0. The number of aromatic nitrogens is 1. The van der Waals surface area contributed by atoms with Crippen molar-refractivity contribution in [2.24, 2.45) is 0 Å². The fourth-order valence-electron chi connectivity index (χ4n) is 5.06. The lowest BCUT2D eigenvalue weighted by Crippen LogP contribution is -2.33. The Labute approximate surface area is 301 Å². The number of hydrogen-bond acceptors (Lipinski definition) is 9. The first-order valence-corrected chi connectivity index (χ1v) is 16.9. The number of sulfonamides is 1. The molecule has 0 spiro atoms. The van der Waals surface area contributed by atoms with E-state index < -0.39 is 58.1 Å². The van der Waals surface area contributed by atoms with Crippen molar-refractivity contribution in [1.29, 1.82) is 0 Å². The monoisotopic (exact) mass is 780 g/mol. The molecule has 3 heterocycles. The number of halogens is 6. The molecule has 2 N–H and O–H groups in total. The van der Waals surface area contributed by atoms with Crippen LogP contribution in [0.2, 0.25) is 0 Å². The van der Waals surface area contributed by atoms with E-state index in [0.717, 1.165) is 46.2 Å². The summed E-state index contributed by atoms with van der Waals surface area (Å²) in [6.45, 7) is -0.571. The van der Waals surface area contributed by atoms with Crippen molar-refractivity contribution >= 4 is 51.0 Å². The summed E-state index contributed by atoms with van der Waals surface area (Å²) < 4.78 is 108. The summed E-state index contributed by atoms with van der Waals surface area (Å²) in [5.41, 5.74) is 1.52. The van der Waals surface area contributed by atoms with Crippen molar-refractivity contribution in [3.8, 4) is 11.5 Å². The van der Waals surface area contributed by atoms with Gasteiger partial charge in [-0.05, 0) is 65.7 Å². The van der Waals surface area contributed by atoms with E-state index >= 15 is 0 Å². The first kappa shape index (κ1) is 38.8. The molecule has 3 aromatic carbocycles. The first-order valence-electron chi connectivity index (χ1n) is 15.3. The molecule has 21 heteroatoms. The topological polar surface area (TPSA) is 168 Å². The van der Waals surface area contributed by atoms with Crippen molar-refractivity contribution in [3.63, 3.8) is 0 Å². The molecule has 0 unspecified atom stereocenters. The molecule has 1 aromatic heterocycles. The highest BCUT2D eigenvalue weighted by molar-refractivity contribution is 7.91. The molecule has 0 bridgehead atoms.